The van der Waals surface area contributed by atoms with Crippen molar-refractivity contribution in [3.63, 3.8) is 0 Å². The van der Waals surface area contributed by atoms with Crippen LogP contribution >= 0.6 is 22.9 Å². The van der Waals surface area contributed by atoms with Gasteiger partial charge in [0.15, 0.2) is 0 Å². The molecule has 0 atom stereocenters. The highest BCUT2D eigenvalue weighted by atomic mass is 35.5. The maximum atomic E-state index is 13.3. The Morgan fingerprint density at radius 2 is 2.18 bits per heavy atom. The summed E-state index contributed by atoms with van der Waals surface area (Å²) in [7, 11) is 0. The summed E-state index contributed by atoms with van der Waals surface area (Å²) in [5.74, 6) is -0.442. The zero-order valence-corrected chi connectivity index (χ0v) is 10.6. The van der Waals surface area contributed by atoms with E-state index < -0.39 is 5.82 Å². The Bertz CT molecular complexity index is 515. The van der Waals surface area contributed by atoms with Crippen LogP contribution in [0.1, 0.15) is 11.4 Å². The molecule has 1 aromatic carbocycles. The van der Waals surface area contributed by atoms with Gasteiger partial charge in [0.2, 0.25) is 0 Å². The van der Waals surface area contributed by atoms with Gasteiger partial charge in [-0.3, -0.25) is 0 Å². The number of nitrogens with zero attached hydrogens (tertiary/aromatic N) is 2. The second-order valence-corrected chi connectivity index (χ2v) is 4.99. The smallest absolute Gasteiger partial charge is 0.147 e. The summed E-state index contributed by atoms with van der Waals surface area (Å²) in [6.45, 7) is 0.629. The first-order chi connectivity index (χ1) is 8.20. The van der Waals surface area contributed by atoms with E-state index >= 15 is 0 Å². The standard InChI is InChI=1S/C11H11ClFN3S/c12-8-4-3-7(6-9(8)13)11-16-15-10(17-11)2-1-5-14/h3-4,6H,1-2,5,14H2. The SMILES string of the molecule is NCCCc1nnc(-c2ccc(Cl)c(F)c2)s1. The van der Waals surface area contributed by atoms with Gasteiger partial charge in [-0.25, -0.2) is 4.39 Å². The minimum atomic E-state index is -0.442. The molecule has 0 spiro atoms. The molecule has 0 fully saturated rings. The summed E-state index contributed by atoms with van der Waals surface area (Å²) in [5, 5.41) is 9.80. The van der Waals surface area contributed by atoms with Gasteiger partial charge in [-0.15, -0.1) is 10.2 Å². The lowest BCUT2D eigenvalue weighted by molar-refractivity contribution is 0.629. The van der Waals surface area contributed by atoms with Gasteiger partial charge in [-0.05, 0) is 25.1 Å². The fraction of sp³-hybridized carbons (Fsp3) is 0.273. The molecule has 0 amide bonds. The molecule has 0 radical (unpaired) electrons. The maximum Gasteiger partial charge on any atom is 0.147 e. The highest BCUT2D eigenvalue weighted by Gasteiger charge is 2.08. The second kappa shape index (κ2) is 5.53. The van der Waals surface area contributed by atoms with Crippen LogP contribution < -0.4 is 5.73 Å². The normalized spacial score (nSPS) is 10.8. The molecular weight excluding hydrogens is 261 g/mol. The van der Waals surface area contributed by atoms with E-state index in [1.54, 1.807) is 6.07 Å². The third-order valence-electron chi connectivity index (χ3n) is 2.23. The van der Waals surface area contributed by atoms with Crippen molar-refractivity contribution in [2.24, 2.45) is 5.73 Å². The van der Waals surface area contributed by atoms with E-state index in [-0.39, 0.29) is 5.02 Å². The second-order valence-electron chi connectivity index (χ2n) is 3.52. The van der Waals surface area contributed by atoms with Crippen LogP contribution in [-0.4, -0.2) is 16.7 Å². The van der Waals surface area contributed by atoms with Crippen LogP contribution in [0, 0.1) is 5.82 Å². The van der Waals surface area contributed by atoms with Gasteiger partial charge in [-0.2, -0.15) is 0 Å². The summed E-state index contributed by atoms with van der Waals surface area (Å²) in [4.78, 5) is 0. The Morgan fingerprint density at radius 3 is 2.88 bits per heavy atom. The topological polar surface area (TPSA) is 51.8 Å². The fourth-order valence-electron chi connectivity index (χ4n) is 1.35. The zero-order valence-electron chi connectivity index (χ0n) is 8.99. The van der Waals surface area contributed by atoms with E-state index in [9.17, 15) is 4.39 Å². The molecule has 0 unspecified atom stereocenters. The quantitative estimate of drug-likeness (QED) is 0.930. The van der Waals surface area contributed by atoms with Gasteiger partial charge in [-0.1, -0.05) is 29.0 Å². The first-order valence-corrected chi connectivity index (χ1v) is 6.38. The van der Waals surface area contributed by atoms with Gasteiger partial charge in [0.25, 0.3) is 0 Å². The molecule has 0 bridgehead atoms. The highest BCUT2D eigenvalue weighted by molar-refractivity contribution is 7.14. The van der Waals surface area contributed by atoms with Crippen LogP contribution in [0.2, 0.25) is 5.02 Å². The van der Waals surface area contributed by atoms with Gasteiger partial charge in [0.05, 0.1) is 5.02 Å². The van der Waals surface area contributed by atoms with Crippen molar-refractivity contribution in [2.75, 3.05) is 6.54 Å². The summed E-state index contributed by atoms with van der Waals surface area (Å²) < 4.78 is 13.3. The van der Waals surface area contributed by atoms with Crippen molar-refractivity contribution in [1.29, 1.82) is 0 Å². The minimum Gasteiger partial charge on any atom is -0.330 e. The van der Waals surface area contributed by atoms with Crippen molar-refractivity contribution < 1.29 is 4.39 Å². The molecule has 3 nitrogen and oxygen atoms in total. The Hall–Kier alpha value is -1.04. The first-order valence-electron chi connectivity index (χ1n) is 5.18. The van der Waals surface area contributed by atoms with Crippen LogP contribution in [0.5, 0.6) is 0 Å². The Morgan fingerprint density at radius 1 is 1.35 bits per heavy atom. The van der Waals surface area contributed by atoms with E-state index in [2.05, 4.69) is 10.2 Å². The molecule has 2 N–H and O–H groups in total. The van der Waals surface area contributed by atoms with E-state index in [0.717, 1.165) is 17.8 Å². The van der Waals surface area contributed by atoms with Crippen molar-refractivity contribution >= 4 is 22.9 Å². The number of aryl methyl sites for hydroxylation is 1. The molecule has 1 heterocycles. The zero-order chi connectivity index (χ0) is 12.3. The molecule has 0 saturated carbocycles. The third kappa shape index (κ3) is 3.00. The Labute approximate surface area is 107 Å². The Kier molecular flexibility index (Phi) is 4.04. The number of hydrogen-bond acceptors (Lipinski definition) is 4. The average molecular weight is 272 g/mol. The van der Waals surface area contributed by atoms with E-state index in [1.807, 2.05) is 0 Å². The highest BCUT2D eigenvalue weighted by Crippen LogP contribution is 2.27. The predicted octanol–water partition coefficient (Wildman–Crippen LogP) is 2.89. The lowest BCUT2D eigenvalue weighted by Crippen LogP contribution is -1.99. The number of aromatic nitrogens is 2. The number of benzene rings is 1. The molecule has 1 aromatic heterocycles. The number of hydrogen-bond donors (Lipinski definition) is 1. The van der Waals surface area contributed by atoms with Gasteiger partial charge in [0.1, 0.15) is 15.8 Å². The van der Waals surface area contributed by atoms with Crippen LogP contribution in [0.15, 0.2) is 18.2 Å². The number of rotatable bonds is 4. The minimum absolute atomic E-state index is 0.113. The maximum absolute atomic E-state index is 13.3. The molecule has 6 heteroatoms. The Balaban J connectivity index is 2.21. The van der Waals surface area contributed by atoms with E-state index in [0.29, 0.717) is 17.1 Å². The predicted molar refractivity (Wildman–Crippen MR) is 67.7 cm³/mol. The van der Waals surface area contributed by atoms with Crippen molar-refractivity contribution in [1.82, 2.24) is 10.2 Å². The third-order valence-corrected chi connectivity index (χ3v) is 3.57. The first kappa shape index (κ1) is 12.4. The lowest BCUT2D eigenvalue weighted by Gasteiger charge is -1.97. The van der Waals surface area contributed by atoms with Crippen LogP contribution in [0.4, 0.5) is 4.39 Å². The molecule has 2 aromatic rings. The molecule has 0 aliphatic rings. The van der Waals surface area contributed by atoms with Crippen LogP contribution in [0.3, 0.4) is 0 Å². The molecule has 17 heavy (non-hydrogen) atoms. The molecule has 0 aliphatic carbocycles. The molecule has 2 rings (SSSR count). The number of nitrogens with two attached hydrogens (primary N) is 1. The summed E-state index contributed by atoms with van der Waals surface area (Å²) in [6, 6.07) is 4.63. The van der Waals surface area contributed by atoms with Crippen molar-refractivity contribution in [3.8, 4) is 10.6 Å². The van der Waals surface area contributed by atoms with Crippen LogP contribution in [0.25, 0.3) is 10.6 Å². The van der Waals surface area contributed by atoms with E-state index in [4.69, 9.17) is 17.3 Å². The molecule has 0 aliphatic heterocycles. The van der Waals surface area contributed by atoms with Crippen LogP contribution in [-0.2, 0) is 6.42 Å². The summed E-state index contributed by atoms with van der Waals surface area (Å²) >= 11 is 7.07. The molecule has 0 saturated heterocycles. The largest absolute Gasteiger partial charge is 0.330 e. The van der Waals surface area contributed by atoms with E-state index in [1.165, 1.54) is 23.5 Å². The average Bonchev–Trinajstić information content (AvgIpc) is 2.79. The fourth-order valence-corrected chi connectivity index (χ4v) is 2.35. The summed E-state index contributed by atoms with van der Waals surface area (Å²) in [5.41, 5.74) is 6.12. The lowest BCUT2D eigenvalue weighted by atomic mass is 10.2. The van der Waals surface area contributed by atoms with Gasteiger partial charge in [0, 0.05) is 12.0 Å². The molecular formula is C11H11ClFN3S. The monoisotopic (exact) mass is 271 g/mol. The van der Waals surface area contributed by atoms with Gasteiger partial charge < -0.3 is 5.73 Å². The molecule has 90 valence electrons. The van der Waals surface area contributed by atoms with Gasteiger partial charge >= 0.3 is 0 Å². The van der Waals surface area contributed by atoms with Crippen molar-refractivity contribution in [2.45, 2.75) is 12.8 Å². The van der Waals surface area contributed by atoms with Crippen molar-refractivity contribution in [3.05, 3.63) is 34.0 Å². The number of halogens is 2. The summed E-state index contributed by atoms with van der Waals surface area (Å²) in [6.07, 6.45) is 1.69.